The standard InChI is InChI=1S/C8H14S4/c1(7-5-9-7)3-11-12-4-2-8-6-10-8/h7-8H,1-6H2. The van der Waals surface area contributed by atoms with E-state index in [4.69, 9.17) is 0 Å². The van der Waals surface area contributed by atoms with E-state index in [2.05, 4.69) is 45.1 Å². The van der Waals surface area contributed by atoms with E-state index in [1.54, 1.807) is 0 Å². The summed E-state index contributed by atoms with van der Waals surface area (Å²) in [6.45, 7) is 0. The van der Waals surface area contributed by atoms with Gasteiger partial charge in [-0.3, -0.25) is 0 Å². The molecule has 0 bridgehead atoms. The fourth-order valence-electron chi connectivity index (χ4n) is 0.946. The van der Waals surface area contributed by atoms with Crippen molar-refractivity contribution in [2.75, 3.05) is 23.0 Å². The lowest BCUT2D eigenvalue weighted by Crippen LogP contribution is -1.87. The molecule has 70 valence electrons. The summed E-state index contributed by atoms with van der Waals surface area (Å²) in [5.41, 5.74) is 0. The Labute approximate surface area is 91.2 Å². The Balaban J connectivity index is 1.31. The second kappa shape index (κ2) is 5.32. The lowest BCUT2D eigenvalue weighted by atomic mass is 10.4. The maximum absolute atomic E-state index is 2.12. The summed E-state index contributed by atoms with van der Waals surface area (Å²) in [4.78, 5) is 0. The normalized spacial score (nSPS) is 32.0. The third-order valence-electron chi connectivity index (χ3n) is 1.93. The SMILES string of the molecule is C(CC1CS1)SSCCC1CS1. The highest BCUT2D eigenvalue weighted by molar-refractivity contribution is 8.76. The molecule has 4 heteroatoms. The molecule has 0 aromatic rings. The molecule has 2 rings (SSSR count). The van der Waals surface area contributed by atoms with Crippen molar-refractivity contribution >= 4 is 45.1 Å². The number of rotatable bonds is 7. The Kier molecular flexibility index (Phi) is 4.41. The van der Waals surface area contributed by atoms with Crippen molar-refractivity contribution < 1.29 is 0 Å². The van der Waals surface area contributed by atoms with Gasteiger partial charge in [0.15, 0.2) is 0 Å². The van der Waals surface area contributed by atoms with E-state index in [1.807, 2.05) is 0 Å². The quantitative estimate of drug-likeness (QED) is 0.379. The average molecular weight is 238 g/mol. The monoisotopic (exact) mass is 238 g/mol. The summed E-state index contributed by atoms with van der Waals surface area (Å²) in [7, 11) is 4.17. The molecule has 2 aliphatic rings. The van der Waals surface area contributed by atoms with Crippen molar-refractivity contribution in [3.63, 3.8) is 0 Å². The summed E-state index contributed by atoms with van der Waals surface area (Å²) in [6.07, 6.45) is 2.89. The first-order valence-electron chi connectivity index (χ1n) is 4.43. The van der Waals surface area contributed by atoms with E-state index in [9.17, 15) is 0 Å². The zero-order valence-electron chi connectivity index (χ0n) is 7.03. The largest absolute Gasteiger partial charge is 0.157 e. The summed E-state index contributed by atoms with van der Waals surface area (Å²) in [6, 6.07) is 0. The highest BCUT2D eigenvalue weighted by Crippen LogP contribution is 2.37. The molecule has 0 N–H and O–H groups in total. The molecule has 0 aromatic carbocycles. The van der Waals surface area contributed by atoms with Crippen LogP contribution >= 0.6 is 45.1 Å². The van der Waals surface area contributed by atoms with Crippen LogP contribution in [0.1, 0.15) is 12.8 Å². The molecular weight excluding hydrogens is 224 g/mol. The first-order chi connectivity index (χ1) is 5.95. The van der Waals surface area contributed by atoms with Gasteiger partial charge in [-0.15, -0.1) is 0 Å². The second-order valence-electron chi connectivity index (χ2n) is 3.13. The molecule has 0 aromatic heterocycles. The molecule has 12 heavy (non-hydrogen) atoms. The Bertz CT molecular complexity index is 115. The van der Waals surface area contributed by atoms with E-state index in [0.717, 1.165) is 10.5 Å². The van der Waals surface area contributed by atoms with Gasteiger partial charge in [-0.05, 0) is 12.8 Å². The lowest BCUT2D eigenvalue weighted by molar-refractivity contribution is 0.994. The Morgan fingerprint density at radius 1 is 0.917 bits per heavy atom. The van der Waals surface area contributed by atoms with Crippen LogP contribution in [0.25, 0.3) is 0 Å². The topological polar surface area (TPSA) is 0 Å². The van der Waals surface area contributed by atoms with Crippen molar-refractivity contribution in [2.24, 2.45) is 0 Å². The molecule has 0 amide bonds. The highest BCUT2D eigenvalue weighted by atomic mass is 33.1. The molecule has 2 aliphatic heterocycles. The number of thioether (sulfide) groups is 2. The van der Waals surface area contributed by atoms with Crippen LogP contribution in [0, 0.1) is 0 Å². The smallest absolute Gasteiger partial charge is 0.0146 e. The van der Waals surface area contributed by atoms with Crippen molar-refractivity contribution in [2.45, 2.75) is 23.3 Å². The maximum atomic E-state index is 2.12. The van der Waals surface area contributed by atoms with Crippen LogP contribution in [-0.4, -0.2) is 33.5 Å². The molecule has 0 saturated carbocycles. The maximum Gasteiger partial charge on any atom is 0.0146 e. The lowest BCUT2D eigenvalue weighted by Gasteiger charge is -1.98. The molecule has 0 radical (unpaired) electrons. The molecule has 0 aliphatic carbocycles. The van der Waals surface area contributed by atoms with E-state index in [-0.39, 0.29) is 0 Å². The third-order valence-corrected chi connectivity index (χ3v) is 6.49. The van der Waals surface area contributed by atoms with Crippen LogP contribution in [-0.2, 0) is 0 Å². The van der Waals surface area contributed by atoms with Crippen LogP contribution in [0.5, 0.6) is 0 Å². The molecule has 2 atom stereocenters. The van der Waals surface area contributed by atoms with E-state index >= 15 is 0 Å². The molecule has 2 unspecified atom stereocenters. The molecule has 2 heterocycles. The Morgan fingerprint density at radius 3 is 1.67 bits per heavy atom. The van der Waals surface area contributed by atoms with Gasteiger partial charge in [0.2, 0.25) is 0 Å². The van der Waals surface area contributed by atoms with E-state index < -0.39 is 0 Å². The van der Waals surface area contributed by atoms with Crippen LogP contribution in [0.3, 0.4) is 0 Å². The minimum absolute atomic E-state index is 1.04. The predicted molar refractivity (Wildman–Crippen MR) is 66.6 cm³/mol. The zero-order valence-corrected chi connectivity index (χ0v) is 10.3. The van der Waals surface area contributed by atoms with Crippen molar-refractivity contribution in [1.82, 2.24) is 0 Å². The van der Waals surface area contributed by atoms with Gasteiger partial charge < -0.3 is 0 Å². The minimum atomic E-state index is 1.04. The van der Waals surface area contributed by atoms with Crippen LogP contribution in [0.15, 0.2) is 0 Å². The first-order valence-corrected chi connectivity index (χ1v) is 9.01. The number of hydrogen-bond acceptors (Lipinski definition) is 4. The van der Waals surface area contributed by atoms with Crippen LogP contribution in [0.4, 0.5) is 0 Å². The third kappa shape index (κ3) is 4.58. The van der Waals surface area contributed by atoms with Gasteiger partial charge in [0.05, 0.1) is 0 Å². The van der Waals surface area contributed by atoms with Gasteiger partial charge in [0, 0.05) is 33.5 Å². The van der Waals surface area contributed by atoms with Gasteiger partial charge in [-0.25, -0.2) is 0 Å². The average Bonchev–Trinajstić information content (AvgIpc) is 2.89. The van der Waals surface area contributed by atoms with Gasteiger partial charge in [0.25, 0.3) is 0 Å². The highest BCUT2D eigenvalue weighted by Gasteiger charge is 2.22. The van der Waals surface area contributed by atoms with Crippen LogP contribution < -0.4 is 0 Å². The van der Waals surface area contributed by atoms with E-state index in [0.29, 0.717) is 0 Å². The van der Waals surface area contributed by atoms with Crippen molar-refractivity contribution in [1.29, 1.82) is 0 Å². The van der Waals surface area contributed by atoms with Gasteiger partial charge in [-0.1, -0.05) is 21.6 Å². The fraction of sp³-hybridized carbons (Fsp3) is 1.00. The van der Waals surface area contributed by atoms with Crippen LogP contribution in [0.2, 0.25) is 0 Å². The van der Waals surface area contributed by atoms with Gasteiger partial charge >= 0.3 is 0 Å². The molecule has 2 fully saturated rings. The van der Waals surface area contributed by atoms with Gasteiger partial charge in [0.1, 0.15) is 0 Å². The summed E-state index contributed by atoms with van der Waals surface area (Å²) in [5, 5.41) is 2.08. The van der Waals surface area contributed by atoms with Crippen molar-refractivity contribution in [3.8, 4) is 0 Å². The summed E-state index contributed by atoms with van der Waals surface area (Å²) in [5.74, 6) is 5.62. The summed E-state index contributed by atoms with van der Waals surface area (Å²) >= 11 is 4.24. The van der Waals surface area contributed by atoms with E-state index in [1.165, 1.54) is 35.9 Å². The van der Waals surface area contributed by atoms with Crippen molar-refractivity contribution in [3.05, 3.63) is 0 Å². The Hall–Kier alpha value is 1.40. The number of hydrogen-bond donors (Lipinski definition) is 0. The predicted octanol–water partition coefficient (Wildman–Crippen LogP) is 3.38. The summed E-state index contributed by atoms with van der Waals surface area (Å²) < 4.78 is 0. The second-order valence-corrected chi connectivity index (χ2v) is 8.50. The minimum Gasteiger partial charge on any atom is -0.157 e. The zero-order chi connectivity index (χ0) is 8.23. The molecule has 0 spiro atoms. The molecule has 2 saturated heterocycles. The first kappa shape index (κ1) is 9.94. The Morgan fingerprint density at radius 2 is 1.33 bits per heavy atom. The fourth-order valence-corrected chi connectivity index (χ4v) is 4.70. The van der Waals surface area contributed by atoms with Gasteiger partial charge in [-0.2, -0.15) is 23.5 Å². The molecule has 0 nitrogen and oxygen atoms in total. The molecular formula is C8H14S4.